The molecule has 2 unspecified atom stereocenters. The highest BCUT2D eigenvalue weighted by Gasteiger charge is 2.33. The fraction of sp³-hybridized carbons (Fsp3) is 0.667. The summed E-state index contributed by atoms with van der Waals surface area (Å²) in [5, 5.41) is 0. The van der Waals surface area contributed by atoms with E-state index < -0.39 is 0 Å². The van der Waals surface area contributed by atoms with Crippen LogP contribution in [0.1, 0.15) is 56.6 Å². The number of halogens is 1. The molecule has 1 aliphatic heterocycles. The summed E-state index contributed by atoms with van der Waals surface area (Å²) >= 11 is 3.62. The van der Waals surface area contributed by atoms with Gasteiger partial charge in [0.15, 0.2) is 0 Å². The zero-order chi connectivity index (χ0) is 14.7. The summed E-state index contributed by atoms with van der Waals surface area (Å²) in [5.74, 6) is 0.965. The third kappa shape index (κ3) is 3.69. The largest absolute Gasteiger partial charge is 0.324 e. The Labute approximate surface area is 137 Å². The second kappa shape index (κ2) is 7.26. The predicted molar refractivity (Wildman–Crippen MR) is 92.2 cm³/mol. The van der Waals surface area contributed by atoms with E-state index >= 15 is 0 Å². The quantitative estimate of drug-likeness (QED) is 0.847. The molecule has 0 spiro atoms. The highest BCUT2D eigenvalue weighted by Crippen LogP contribution is 2.35. The molecule has 1 saturated carbocycles. The van der Waals surface area contributed by atoms with Crippen molar-refractivity contribution < 1.29 is 0 Å². The molecule has 2 fully saturated rings. The molecular formula is C18H27BrN2. The lowest BCUT2D eigenvalue weighted by molar-refractivity contribution is 0.185. The van der Waals surface area contributed by atoms with Crippen LogP contribution >= 0.6 is 15.9 Å². The lowest BCUT2D eigenvalue weighted by Crippen LogP contribution is -2.36. The van der Waals surface area contributed by atoms with Crippen molar-refractivity contribution in [2.45, 2.75) is 57.0 Å². The van der Waals surface area contributed by atoms with Crippen LogP contribution in [0.15, 0.2) is 28.7 Å². The lowest BCUT2D eigenvalue weighted by Gasteiger charge is -2.30. The Morgan fingerprint density at radius 2 is 1.90 bits per heavy atom. The molecule has 1 aromatic rings. The molecule has 1 saturated heterocycles. The SMILES string of the molecule is NC(CCN1CCCC1C1CCCC1)c1ccccc1Br. The number of rotatable bonds is 5. The van der Waals surface area contributed by atoms with E-state index in [2.05, 4.69) is 45.1 Å². The Balaban J connectivity index is 1.55. The third-order valence-corrected chi connectivity index (χ3v) is 6.11. The first-order valence-electron chi connectivity index (χ1n) is 8.50. The third-order valence-electron chi connectivity index (χ3n) is 5.39. The first-order chi connectivity index (χ1) is 10.3. The van der Waals surface area contributed by atoms with Crippen LogP contribution in [0.4, 0.5) is 0 Å². The van der Waals surface area contributed by atoms with E-state index in [-0.39, 0.29) is 6.04 Å². The molecule has 1 aromatic carbocycles. The molecule has 3 rings (SSSR count). The smallest absolute Gasteiger partial charge is 0.0318 e. The molecule has 0 aromatic heterocycles. The van der Waals surface area contributed by atoms with Crippen LogP contribution in [0, 0.1) is 5.92 Å². The predicted octanol–water partition coefficient (Wildman–Crippen LogP) is 4.49. The zero-order valence-electron chi connectivity index (χ0n) is 12.8. The molecule has 0 bridgehead atoms. The summed E-state index contributed by atoms with van der Waals surface area (Å²) in [4.78, 5) is 2.73. The van der Waals surface area contributed by atoms with Gasteiger partial charge in [-0.15, -0.1) is 0 Å². The molecule has 0 amide bonds. The van der Waals surface area contributed by atoms with Gasteiger partial charge in [0.1, 0.15) is 0 Å². The van der Waals surface area contributed by atoms with E-state index in [9.17, 15) is 0 Å². The summed E-state index contributed by atoms with van der Waals surface area (Å²) in [6.07, 6.45) is 9.66. The Kier molecular flexibility index (Phi) is 5.36. The van der Waals surface area contributed by atoms with E-state index in [1.54, 1.807) is 0 Å². The molecule has 2 nitrogen and oxygen atoms in total. The van der Waals surface area contributed by atoms with Crippen LogP contribution in [-0.2, 0) is 0 Å². The van der Waals surface area contributed by atoms with Gasteiger partial charge < -0.3 is 10.6 Å². The van der Waals surface area contributed by atoms with Gasteiger partial charge in [-0.1, -0.05) is 47.0 Å². The first-order valence-corrected chi connectivity index (χ1v) is 9.29. The second-order valence-electron chi connectivity index (χ2n) is 6.71. The van der Waals surface area contributed by atoms with E-state index in [0.717, 1.165) is 29.4 Å². The molecule has 0 radical (unpaired) electrons. The van der Waals surface area contributed by atoms with E-state index in [0.29, 0.717) is 0 Å². The maximum atomic E-state index is 6.42. The van der Waals surface area contributed by atoms with Gasteiger partial charge in [-0.05, 0) is 56.2 Å². The average Bonchev–Trinajstić information content (AvgIpc) is 3.16. The first kappa shape index (κ1) is 15.5. The number of benzene rings is 1. The van der Waals surface area contributed by atoms with Crippen LogP contribution in [-0.4, -0.2) is 24.0 Å². The van der Waals surface area contributed by atoms with Gasteiger partial charge in [0.25, 0.3) is 0 Å². The van der Waals surface area contributed by atoms with Gasteiger partial charge in [-0.3, -0.25) is 0 Å². The highest BCUT2D eigenvalue weighted by molar-refractivity contribution is 9.10. The Bertz CT molecular complexity index is 456. The number of nitrogens with two attached hydrogens (primary N) is 1. The Morgan fingerprint density at radius 1 is 1.14 bits per heavy atom. The van der Waals surface area contributed by atoms with Gasteiger partial charge in [0.2, 0.25) is 0 Å². The van der Waals surface area contributed by atoms with Crippen molar-refractivity contribution in [1.29, 1.82) is 0 Å². The maximum absolute atomic E-state index is 6.42. The van der Waals surface area contributed by atoms with Crippen molar-refractivity contribution in [2.75, 3.05) is 13.1 Å². The van der Waals surface area contributed by atoms with E-state index in [4.69, 9.17) is 5.73 Å². The topological polar surface area (TPSA) is 29.3 Å². The zero-order valence-corrected chi connectivity index (χ0v) is 14.4. The van der Waals surface area contributed by atoms with Crippen molar-refractivity contribution in [2.24, 2.45) is 11.7 Å². The van der Waals surface area contributed by atoms with Crippen LogP contribution in [0.5, 0.6) is 0 Å². The second-order valence-corrected chi connectivity index (χ2v) is 7.56. The molecule has 1 aliphatic carbocycles. The van der Waals surface area contributed by atoms with Crippen molar-refractivity contribution in [3.8, 4) is 0 Å². The highest BCUT2D eigenvalue weighted by atomic mass is 79.9. The molecule has 116 valence electrons. The summed E-state index contributed by atoms with van der Waals surface area (Å²) in [6, 6.07) is 9.36. The van der Waals surface area contributed by atoms with Gasteiger partial charge >= 0.3 is 0 Å². The molecule has 2 N–H and O–H groups in total. The number of likely N-dealkylation sites (tertiary alicyclic amines) is 1. The maximum Gasteiger partial charge on any atom is 0.0318 e. The Morgan fingerprint density at radius 3 is 2.67 bits per heavy atom. The van der Waals surface area contributed by atoms with E-state index in [1.807, 2.05) is 0 Å². The van der Waals surface area contributed by atoms with Crippen molar-refractivity contribution in [3.63, 3.8) is 0 Å². The van der Waals surface area contributed by atoms with Crippen LogP contribution in [0.2, 0.25) is 0 Å². The van der Waals surface area contributed by atoms with Crippen LogP contribution in [0.25, 0.3) is 0 Å². The number of hydrogen-bond acceptors (Lipinski definition) is 2. The molecule has 1 heterocycles. The number of nitrogens with zero attached hydrogens (tertiary/aromatic N) is 1. The molecule has 2 aliphatic rings. The minimum absolute atomic E-state index is 0.144. The van der Waals surface area contributed by atoms with Crippen LogP contribution < -0.4 is 5.73 Å². The van der Waals surface area contributed by atoms with E-state index in [1.165, 1.54) is 50.6 Å². The molecule has 2 atom stereocenters. The Hall–Kier alpha value is -0.380. The van der Waals surface area contributed by atoms with Gasteiger partial charge in [0.05, 0.1) is 0 Å². The molecule has 3 heteroatoms. The normalized spacial score (nSPS) is 25.5. The van der Waals surface area contributed by atoms with Crippen molar-refractivity contribution in [1.82, 2.24) is 4.90 Å². The molecule has 21 heavy (non-hydrogen) atoms. The summed E-state index contributed by atoms with van der Waals surface area (Å²) in [5.41, 5.74) is 7.66. The lowest BCUT2D eigenvalue weighted by atomic mass is 9.95. The molecular weight excluding hydrogens is 324 g/mol. The van der Waals surface area contributed by atoms with Crippen molar-refractivity contribution >= 4 is 15.9 Å². The average molecular weight is 351 g/mol. The minimum atomic E-state index is 0.144. The minimum Gasteiger partial charge on any atom is -0.324 e. The monoisotopic (exact) mass is 350 g/mol. The van der Waals surface area contributed by atoms with Gasteiger partial charge in [-0.25, -0.2) is 0 Å². The fourth-order valence-corrected chi connectivity index (χ4v) is 4.82. The van der Waals surface area contributed by atoms with Crippen LogP contribution in [0.3, 0.4) is 0 Å². The number of hydrogen-bond donors (Lipinski definition) is 1. The summed E-state index contributed by atoms with van der Waals surface area (Å²) in [7, 11) is 0. The standard InChI is InChI=1S/C18H27BrN2/c19-16-9-4-3-8-15(16)17(20)11-13-21-12-5-10-18(21)14-6-1-2-7-14/h3-4,8-9,14,17-18H,1-2,5-7,10-13,20H2. The fourth-order valence-electron chi connectivity index (χ4n) is 4.24. The van der Waals surface area contributed by atoms with Gasteiger partial charge in [-0.2, -0.15) is 0 Å². The summed E-state index contributed by atoms with van der Waals surface area (Å²) < 4.78 is 1.14. The van der Waals surface area contributed by atoms with Crippen molar-refractivity contribution in [3.05, 3.63) is 34.3 Å². The van der Waals surface area contributed by atoms with Gasteiger partial charge in [0, 0.05) is 23.1 Å². The summed E-state index contributed by atoms with van der Waals surface area (Å²) in [6.45, 7) is 2.44.